The number of nitro groups is 1. The fourth-order valence-electron chi connectivity index (χ4n) is 2.65. The molecule has 0 spiro atoms. The molecular formula is C21H24N2O8. The zero-order chi connectivity index (χ0) is 22.8. The largest absolute Gasteiger partial charge is 0.508 e. The minimum atomic E-state index is -0.992. The number of non-ortho nitro benzene ring substituents is 1. The first-order chi connectivity index (χ1) is 14.7. The van der Waals surface area contributed by atoms with Crippen molar-refractivity contribution >= 4 is 17.6 Å². The Morgan fingerprint density at radius 2 is 1.77 bits per heavy atom. The molecule has 2 aromatic rings. The quantitative estimate of drug-likeness (QED) is 0.276. The Balaban J connectivity index is 1.78. The molecule has 0 aromatic heterocycles. The summed E-state index contributed by atoms with van der Waals surface area (Å²) in [6.07, 6.45) is -0.668. The fraction of sp³-hybridized carbons (Fsp3) is 0.333. The molecule has 0 heterocycles. The number of nitrogens with zero attached hydrogens (tertiary/aromatic N) is 1. The summed E-state index contributed by atoms with van der Waals surface area (Å²) in [4.78, 5) is 33.9. The second-order valence-corrected chi connectivity index (χ2v) is 6.80. The van der Waals surface area contributed by atoms with Crippen LogP contribution in [0.15, 0.2) is 48.5 Å². The van der Waals surface area contributed by atoms with Gasteiger partial charge in [-0.2, -0.15) is 0 Å². The number of hydrogen-bond acceptors (Lipinski definition) is 8. The molecule has 0 fully saturated rings. The van der Waals surface area contributed by atoms with Crippen molar-refractivity contribution in [2.24, 2.45) is 0 Å². The van der Waals surface area contributed by atoms with Crippen molar-refractivity contribution in [3.8, 4) is 11.5 Å². The lowest BCUT2D eigenvalue weighted by Crippen LogP contribution is -2.43. The standard InChI is InChI=1S/C21H24N2O8/c1-14(24)22-20(12-15-2-6-17(25)7-3-15)21(27)31-13-18(26)10-11-30-19-8-4-16(5-9-19)23(28)29/h2-9,18,20,25-26H,10-13H2,1H3,(H,22,24)/t18?,20-/m0/s1. The molecular weight excluding hydrogens is 408 g/mol. The third kappa shape index (κ3) is 8.31. The Bertz CT molecular complexity index is 883. The van der Waals surface area contributed by atoms with Gasteiger partial charge in [-0.15, -0.1) is 0 Å². The lowest BCUT2D eigenvalue weighted by Gasteiger charge is -2.18. The molecule has 0 aliphatic heterocycles. The van der Waals surface area contributed by atoms with Gasteiger partial charge in [-0.25, -0.2) is 4.79 Å². The Morgan fingerprint density at radius 3 is 2.35 bits per heavy atom. The number of benzene rings is 2. The third-order valence-electron chi connectivity index (χ3n) is 4.22. The number of aliphatic hydroxyl groups excluding tert-OH is 1. The van der Waals surface area contributed by atoms with Gasteiger partial charge >= 0.3 is 5.97 Å². The second-order valence-electron chi connectivity index (χ2n) is 6.80. The van der Waals surface area contributed by atoms with Crippen LogP contribution >= 0.6 is 0 Å². The van der Waals surface area contributed by atoms with E-state index in [1.54, 1.807) is 12.1 Å². The zero-order valence-electron chi connectivity index (χ0n) is 16.9. The van der Waals surface area contributed by atoms with Crippen molar-refractivity contribution in [1.29, 1.82) is 0 Å². The van der Waals surface area contributed by atoms with Crippen LogP contribution in [0.5, 0.6) is 11.5 Å². The summed E-state index contributed by atoms with van der Waals surface area (Å²) in [5.74, 6) is -0.604. The van der Waals surface area contributed by atoms with Gasteiger partial charge in [0.15, 0.2) is 0 Å². The van der Waals surface area contributed by atoms with Gasteiger partial charge in [-0.05, 0) is 29.8 Å². The van der Waals surface area contributed by atoms with Crippen LogP contribution in [-0.4, -0.2) is 52.4 Å². The number of nitrogens with one attached hydrogen (secondary N) is 1. The number of rotatable bonds is 11. The molecule has 0 bridgehead atoms. The van der Waals surface area contributed by atoms with Gasteiger partial charge < -0.3 is 25.0 Å². The van der Waals surface area contributed by atoms with Gasteiger partial charge in [0.05, 0.1) is 17.6 Å². The molecule has 0 radical (unpaired) electrons. The van der Waals surface area contributed by atoms with E-state index in [2.05, 4.69) is 5.32 Å². The maximum atomic E-state index is 12.4. The first kappa shape index (κ1) is 23.6. The monoisotopic (exact) mass is 432 g/mol. The van der Waals surface area contributed by atoms with Crippen molar-refractivity contribution in [3.05, 3.63) is 64.2 Å². The van der Waals surface area contributed by atoms with E-state index in [1.807, 2.05) is 0 Å². The van der Waals surface area contributed by atoms with Crippen molar-refractivity contribution in [2.75, 3.05) is 13.2 Å². The van der Waals surface area contributed by atoms with Crippen molar-refractivity contribution in [3.63, 3.8) is 0 Å². The van der Waals surface area contributed by atoms with E-state index in [0.717, 1.165) is 0 Å². The van der Waals surface area contributed by atoms with Gasteiger partial charge in [0.1, 0.15) is 24.1 Å². The number of amides is 1. The number of phenolic OH excluding ortho intramolecular Hbond substituents is 1. The number of hydrogen-bond donors (Lipinski definition) is 3. The lowest BCUT2D eigenvalue weighted by molar-refractivity contribution is -0.384. The zero-order valence-corrected chi connectivity index (χ0v) is 16.9. The van der Waals surface area contributed by atoms with Gasteiger partial charge in [0.25, 0.3) is 5.69 Å². The van der Waals surface area contributed by atoms with Crippen molar-refractivity contribution < 1.29 is 34.2 Å². The summed E-state index contributed by atoms with van der Waals surface area (Å²) in [7, 11) is 0. The maximum absolute atomic E-state index is 12.4. The Kier molecular flexibility index (Phi) is 8.77. The highest BCUT2D eigenvalue weighted by Crippen LogP contribution is 2.17. The van der Waals surface area contributed by atoms with Crippen LogP contribution in [0.4, 0.5) is 5.69 Å². The number of aromatic hydroxyl groups is 1. The van der Waals surface area contributed by atoms with Crippen LogP contribution in [0, 0.1) is 10.1 Å². The predicted molar refractivity (Wildman–Crippen MR) is 110 cm³/mol. The number of aliphatic hydroxyl groups is 1. The molecule has 166 valence electrons. The number of esters is 1. The van der Waals surface area contributed by atoms with Crippen LogP contribution in [0.3, 0.4) is 0 Å². The van der Waals surface area contributed by atoms with Gasteiger partial charge in [0.2, 0.25) is 5.91 Å². The number of ether oxygens (including phenoxy) is 2. The molecule has 0 saturated heterocycles. The molecule has 0 saturated carbocycles. The van der Waals surface area contributed by atoms with Crippen LogP contribution in [0.25, 0.3) is 0 Å². The average Bonchev–Trinajstić information content (AvgIpc) is 2.73. The van der Waals surface area contributed by atoms with Crippen molar-refractivity contribution in [1.82, 2.24) is 5.32 Å². The number of carbonyl (C=O) groups is 2. The van der Waals surface area contributed by atoms with E-state index in [-0.39, 0.29) is 37.5 Å². The minimum Gasteiger partial charge on any atom is -0.508 e. The molecule has 0 aliphatic carbocycles. The van der Waals surface area contributed by atoms with Gasteiger partial charge in [0, 0.05) is 31.9 Å². The van der Waals surface area contributed by atoms with Crippen LogP contribution in [0.2, 0.25) is 0 Å². The molecule has 10 nitrogen and oxygen atoms in total. The van der Waals surface area contributed by atoms with Crippen molar-refractivity contribution in [2.45, 2.75) is 31.9 Å². The number of carbonyl (C=O) groups excluding carboxylic acids is 2. The van der Waals surface area contributed by atoms with E-state index >= 15 is 0 Å². The molecule has 2 rings (SSSR count). The second kappa shape index (κ2) is 11.5. The first-order valence-corrected chi connectivity index (χ1v) is 9.51. The van der Waals surface area contributed by atoms with E-state index in [1.165, 1.54) is 43.3 Å². The van der Waals surface area contributed by atoms with E-state index < -0.39 is 28.9 Å². The third-order valence-corrected chi connectivity index (χ3v) is 4.22. The topological polar surface area (TPSA) is 148 Å². The summed E-state index contributed by atoms with van der Waals surface area (Å²) in [5.41, 5.74) is 0.658. The molecule has 2 aromatic carbocycles. The highest BCUT2D eigenvalue weighted by molar-refractivity contribution is 5.83. The normalized spacial score (nSPS) is 12.5. The molecule has 3 N–H and O–H groups in total. The van der Waals surface area contributed by atoms with Crippen LogP contribution < -0.4 is 10.1 Å². The summed E-state index contributed by atoms with van der Waals surface area (Å²) in [6, 6.07) is 10.8. The van der Waals surface area contributed by atoms with Gasteiger partial charge in [-0.1, -0.05) is 12.1 Å². The highest BCUT2D eigenvalue weighted by atomic mass is 16.6. The maximum Gasteiger partial charge on any atom is 0.329 e. The van der Waals surface area contributed by atoms with Crippen LogP contribution in [0.1, 0.15) is 18.9 Å². The van der Waals surface area contributed by atoms with Gasteiger partial charge in [-0.3, -0.25) is 14.9 Å². The number of phenols is 1. The molecule has 31 heavy (non-hydrogen) atoms. The fourth-order valence-corrected chi connectivity index (χ4v) is 2.65. The molecule has 10 heteroatoms. The summed E-state index contributed by atoms with van der Waals surface area (Å²) >= 11 is 0. The van der Waals surface area contributed by atoms with E-state index in [9.17, 15) is 29.9 Å². The predicted octanol–water partition coefficient (Wildman–Crippen LogP) is 1.72. The number of nitro benzene ring substituents is 1. The molecule has 1 unspecified atom stereocenters. The lowest BCUT2D eigenvalue weighted by atomic mass is 10.1. The summed E-state index contributed by atoms with van der Waals surface area (Å²) in [5, 5.41) is 32.5. The van der Waals surface area contributed by atoms with E-state index in [0.29, 0.717) is 11.3 Å². The average molecular weight is 432 g/mol. The Morgan fingerprint density at radius 1 is 1.13 bits per heavy atom. The molecule has 1 amide bonds. The molecule has 2 atom stereocenters. The minimum absolute atomic E-state index is 0.0553. The smallest absolute Gasteiger partial charge is 0.329 e. The molecule has 0 aliphatic rings. The Hall–Kier alpha value is -3.66. The van der Waals surface area contributed by atoms with E-state index in [4.69, 9.17) is 9.47 Å². The summed E-state index contributed by atoms with van der Waals surface area (Å²) < 4.78 is 10.5. The SMILES string of the molecule is CC(=O)N[C@@H](Cc1ccc(O)cc1)C(=O)OCC(O)CCOc1ccc([N+](=O)[O-])cc1. The summed E-state index contributed by atoms with van der Waals surface area (Å²) in [6.45, 7) is 1.11. The van der Waals surface area contributed by atoms with Crippen LogP contribution in [-0.2, 0) is 20.7 Å². The highest BCUT2D eigenvalue weighted by Gasteiger charge is 2.22. The Labute approximate surface area is 178 Å². The first-order valence-electron chi connectivity index (χ1n) is 9.51.